The number of hydrogen-bond donors (Lipinski definition) is 1. The van der Waals surface area contributed by atoms with Crippen molar-refractivity contribution < 1.29 is 9.53 Å². The number of rotatable bonds is 4. The Labute approximate surface area is 90.8 Å². The smallest absolute Gasteiger partial charge is 0.251 e. The molecule has 1 saturated heterocycles. The average Bonchev–Trinajstić information content (AvgIpc) is 2.93. The van der Waals surface area contributed by atoms with E-state index in [0.29, 0.717) is 12.5 Å². The van der Waals surface area contributed by atoms with E-state index < -0.39 is 0 Å². The maximum Gasteiger partial charge on any atom is 0.251 e. The van der Waals surface area contributed by atoms with E-state index in [1.165, 1.54) is 12.8 Å². The summed E-state index contributed by atoms with van der Waals surface area (Å²) < 4.78 is 5.40. The van der Waals surface area contributed by atoms with Crippen molar-refractivity contribution in [1.29, 1.82) is 0 Å². The lowest BCUT2D eigenvalue weighted by Gasteiger charge is -2.29. The fourth-order valence-electron chi connectivity index (χ4n) is 2.31. The van der Waals surface area contributed by atoms with Gasteiger partial charge >= 0.3 is 0 Å². The van der Waals surface area contributed by atoms with Gasteiger partial charge < -0.3 is 15.4 Å². The highest BCUT2D eigenvalue weighted by atomic mass is 16.5. The number of nitrogens with zero attached hydrogens (tertiary/aromatic N) is 1. The zero-order valence-corrected chi connectivity index (χ0v) is 9.32. The van der Waals surface area contributed by atoms with Crippen molar-refractivity contribution in [3.63, 3.8) is 0 Å². The molecule has 1 amide bonds. The second-order valence-corrected chi connectivity index (χ2v) is 4.59. The molecule has 0 aromatic heterocycles. The third-order valence-corrected chi connectivity index (χ3v) is 3.46. The van der Waals surface area contributed by atoms with Gasteiger partial charge in [-0.1, -0.05) is 0 Å². The summed E-state index contributed by atoms with van der Waals surface area (Å²) in [5.74, 6) is 0.750. The Hall–Kier alpha value is -0.610. The quantitative estimate of drug-likeness (QED) is 0.732. The summed E-state index contributed by atoms with van der Waals surface area (Å²) in [7, 11) is 1.86. The van der Waals surface area contributed by atoms with Crippen LogP contribution >= 0.6 is 0 Å². The highest BCUT2D eigenvalue weighted by Gasteiger charge is 2.37. The Morgan fingerprint density at radius 2 is 2.27 bits per heavy atom. The van der Waals surface area contributed by atoms with Gasteiger partial charge in [0.15, 0.2) is 0 Å². The van der Waals surface area contributed by atoms with Gasteiger partial charge in [-0.25, -0.2) is 0 Å². The zero-order valence-electron chi connectivity index (χ0n) is 9.32. The Morgan fingerprint density at radius 3 is 2.73 bits per heavy atom. The van der Waals surface area contributed by atoms with Crippen LogP contribution in [0.2, 0.25) is 0 Å². The van der Waals surface area contributed by atoms with E-state index in [2.05, 4.69) is 0 Å². The summed E-state index contributed by atoms with van der Waals surface area (Å²) in [5.41, 5.74) is 5.72. The van der Waals surface area contributed by atoms with Gasteiger partial charge in [0.25, 0.3) is 5.91 Å². The maximum absolute atomic E-state index is 12.0. The monoisotopic (exact) mass is 212 g/mol. The Morgan fingerprint density at radius 1 is 1.53 bits per heavy atom. The van der Waals surface area contributed by atoms with Crippen molar-refractivity contribution in [1.82, 2.24) is 4.90 Å². The molecule has 0 spiro atoms. The molecule has 2 rings (SSSR count). The summed E-state index contributed by atoms with van der Waals surface area (Å²) in [6, 6.07) is 0.224. The normalized spacial score (nSPS) is 27.7. The van der Waals surface area contributed by atoms with Crippen LogP contribution in [0.3, 0.4) is 0 Å². The maximum atomic E-state index is 12.0. The molecule has 2 N–H and O–H groups in total. The molecule has 2 aliphatic rings. The zero-order chi connectivity index (χ0) is 10.8. The lowest BCUT2D eigenvalue weighted by Crippen LogP contribution is -2.47. The van der Waals surface area contributed by atoms with Crippen LogP contribution < -0.4 is 5.73 Å². The summed E-state index contributed by atoms with van der Waals surface area (Å²) in [6.45, 7) is 1.29. The Kier molecular flexibility index (Phi) is 3.26. The molecule has 0 aromatic carbocycles. The SMILES string of the molecule is CN(C(=O)[C@H]1CCCO1)C(CN)C1CC1. The summed E-state index contributed by atoms with van der Waals surface area (Å²) in [5, 5.41) is 0. The van der Waals surface area contributed by atoms with Gasteiger partial charge in [-0.2, -0.15) is 0 Å². The van der Waals surface area contributed by atoms with Crippen molar-refractivity contribution in [2.75, 3.05) is 20.2 Å². The molecular formula is C11H20N2O2. The van der Waals surface area contributed by atoms with Gasteiger partial charge in [-0.3, -0.25) is 4.79 Å². The van der Waals surface area contributed by atoms with Crippen molar-refractivity contribution in [2.45, 2.75) is 37.8 Å². The summed E-state index contributed by atoms with van der Waals surface area (Å²) in [6.07, 6.45) is 4.09. The molecule has 1 unspecified atom stereocenters. The van der Waals surface area contributed by atoms with E-state index in [1.54, 1.807) is 0 Å². The first-order valence-corrected chi connectivity index (χ1v) is 5.82. The third-order valence-electron chi connectivity index (χ3n) is 3.46. The van der Waals surface area contributed by atoms with Gasteiger partial charge in [-0.15, -0.1) is 0 Å². The summed E-state index contributed by atoms with van der Waals surface area (Å²) >= 11 is 0. The first kappa shape index (κ1) is 10.9. The van der Waals surface area contributed by atoms with Gasteiger partial charge in [0.05, 0.1) is 0 Å². The molecule has 0 bridgehead atoms. The second-order valence-electron chi connectivity index (χ2n) is 4.59. The minimum atomic E-state index is -0.206. The van der Waals surface area contributed by atoms with Crippen LogP contribution in [0.1, 0.15) is 25.7 Å². The predicted octanol–water partition coefficient (Wildman–Crippen LogP) is 0.361. The molecule has 15 heavy (non-hydrogen) atoms. The molecule has 1 aliphatic heterocycles. The molecule has 1 aliphatic carbocycles. The number of ether oxygens (including phenoxy) is 1. The fraction of sp³-hybridized carbons (Fsp3) is 0.909. The van der Waals surface area contributed by atoms with Crippen LogP contribution in [0.15, 0.2) is 0 Å². The molecule has 2 fully saturated rings. The van der Waals surface area contributed by atoms with Gasteiger partial charge in [0.2, 0.25) is 0 Å². The van der Waals surface area contributed by atoms with Crippen LogP contribution in [0, 0.1) is 5.92 Å². The highest BCUT2D eigenvalue weighted by Crippen LogP contribution is 2.35. The van der Waals surface area contributed by atoms with Gasteiger partial charge in [0, 0.05) is 26.2 Å². The highest BCUT2D eigenvalue weighted by molar-refractivity contribution is 5.81. The van der Waals surface area contributed by atoms with E-state index in [4.69, 9.17) is 10.5 Å². The molecular weight excluding hydrogens is 192 g/mol. The van der Waals surface area contributed by atoms with Crippen molar-refractivity contribution in [2.24, 2.45) is 11.7 Å². The van der Waals surface area contributed by atoms with Crippen LogP contribution in [0.4, 0.5) is 0 Å². The minimum Gasteiger partial charge on any atom is -0.368 e. The van der Waals surface area contributed by atoms with Crippen molar-refractivity contribution in [3.8, 4) is 0 Å². The lowest BCUT2D eigenvalue weighted by molar-refractivity contribution is -0.142. The molecule has 4 heteroatoms. The number of amides is 1. The number of hydrogen-bond acceptors (Lipinski definition) is 3. The Bertz CT molecular complexity index is 235. The van der Waals surface area contributed by atoms with E-state index in [9.17, 15) is 4.79 Å². The Balaban J connectivity index is 1.92. The van der Waals surface area contributed by atoms with E-state index in [-0.39, 0.29) is 18.1 Å². The van der Waals surface area contributed by atoms with E-state index >= 15 is 0 Å². The van der Waals surface area contributed by atoms with Crippen LogP contribution in [0.5, 0.6) is 0 Å². The number of likely N-dealkylation sites (N-methyl/N-ethyl adjacent to an activating group) is 1. The van der Waals surface area contributed by atoms with E-state index in [1.807, 2.05) is 11.9 Å². The van der Waals surface area contributed by atoms with Crippen molar-refractivity contribution in [3.05, 3.63) is 0 Å². The van der Waals surface area contributed by atoms with Gasteiger partial charge in [-0.05, 0) is 31.6 Å². The lowest BCUT2D eigenvalue weighted by atomic mass is 10.1. The fourth-order valence-corrected chi connectivity index (χ4v) is 2.31. The van der Waals surface area contributed by atoms with E-state index in [0.717, 1.165) is 19.4 Å². The number of carbonyl (C=O) groups excluding carboxylic acids is 1. The molecule has 1 saturated carbocycles. The number of carbonyl (C=O) groups is 1. The molecule has 2 atom stereocenters. The molecule has 4 nitrogen and oxygen atoms in total. The van der Waals surface area contributed by atoms with Crippen LogP contribution in [-0.4, -0.2) is 43.2 Å². The molecule has 86 valence electrons. The molecule has 0 aromatic rings. The third kappa shape index (κ3) is 2.32. The first-order valence-electron chi connectivity index (χ1n) is 5.82. The number of nitrogens with two attached hydrogens (primary N) is 1. The average molecular weight is 212 g/mol. The van der Waals surface area contributed by atoms with Crippen molar-refractivity contribution >= 4 is 5.91 Å². The largest absolute Gasteiger partial charge is 0.368 e. The second kappa shape index (κ2) is 4.49. The van der Waals surface area contributed by atoms with Crippen LogP contribution in [-0.2, 0) is 9.53 Å². The van der Waals surface area contributed by atoms with Gasteiger partial charge in [0.1, 0.15) is 6.10 Å². The topological polar surface area (TPSA) is 55.6 Å². The first-order chi connectivity index (χ1) is 7.24. The predicted molar refractivity (Wildman–Crippen MR) is 57.3 cm³/mol. The van der Waals surface area contributed by atoms with Crippen LogP contribution in [0.25, 0.3) is 0 Å². The molecule has 1 heterocycles. The summed E-state index contributed by atoms with van der Waals surface area (Å²) in [4.78, 5) is 13.8. The standard InChI is InChI=1S/C11H20N2O2/c1-13(9(7-12)8-4-5-8)11(14)10-3-2-6-15-10/h8-10H,2-7,12H2,1H3/t9?,10-/m1/s1. The molecule has 0 radical (unpaired) electrons. The minimum absolute atomic E-state index is 0.120.